The van der Waals surface area contributed by atoms with E-state index >= 15 is 0 Å². The Bertz CT molecular complexity index is 1070. The number of nitrogens with zero attached hydrogens (tertiary/aromatic N) is 2. The fourth-order valence-corrected chi connectivity index (χ4v) is 5.81. The fourth-order valence-electron chi connectivity index (χ4n) is 5.81. The van der Waals surface area contributed by atoms with Gasteiger partial charge < -0.3 is 19.3 Å². The Balaban J connectivity index is 1.44. The maximum atomic E-state index is 13.6. The molecule has 6 nitrogen and oxygen atoms in total. The zero-order chi connectivity index (χ0) is 24.4. The second-order valence-corrected chi connectivity index (χ2v) is 10.1. The van der Waals surface area contributed by atoms with Crippen LogP contribution in [0, 0.1) is 12.8 Å². The van der Waals surface area contributed by atoms with Crippen LogP contribution in [0.15, 0.2) is 42.5 Å². The quantitative estimate of drug-likeness (QED) is 0.646. The molecule has 1 saturated heterocycles. The van der Waals surface area contributed by atoms with Crippen molar-refractivity contribution in [3.05, 3.63) is 64.7 Å². The van der Waals surface area contributed by atoms with Crippen molar-refractivity contribution in [3.8, 4) is 5.75 Å². The van der Waals surface area contributed by atoms with Gasteiger partial charge in [-0.1, -0.05) is 48.7 Å². The summed E-state index contributed by atoms with van der Waals surface area (Å²) in [5.41, 5.74) is 4.66. The predicted octanol–water partition coefficient (Wildman–Crippen LogP) is 4.29. The van der Waals surface area contributed by atoms with Crippen LogP contribution in [0.25, 0.3) is 0 Å². The molecule has 2 atom stereocenters. The number of rotatable bonds is 5. The van der Waals surface area contributed by atoms with E-state index in [4.69, 9.17) is 9.47 Å². The summed E-state index contributed by atoms with van der Waals surface area (Å²) in [6.07, 6.45) is 4.52. The number of hydrogen-bond donors (Lipinski definition) is 0. The molecule has 6 heteroatoms. The van der Waals surface area contributed by atoms with Gasteiger partial charge in [0.25, 0.3) is 5.91 Å². The first-order valence-corrected chi connectivity index (χ1v) is 13.0. The molecule has 0 radical (unpaired) electrons. The summed E-state index contributed by atoms with van der Waals surface area (Å²) in [5.74, 6) is 1.07. The van der Waals surface area contributed by atoms with Gasteiger partial charge in [0.15, 0.2) is 6.10 Å². The highest BCUT2D eigenvalue weighted by molar-refractivity contribution is 5.81. The number of benzene rings is 2. The van der Waals surface area contributed by atoms with Crippen LogP contribution in [-0.4, -0.2) is 60.6 Å². The van der Waals surface area contributed by atoms with Crippen molar-refractivity contribution in [2.45, 2.75) is 58.1 Å². The molecular weight excluding hydrogens is 440 g/mol. The lowest BCUT2D eigenvalue weighted by atomic mass is 9.86. The summed E-state index contributed by atoms with van der Waals surface area (Å²) >= 11 is 0. The molecule has 2 amide bonds. The molecule has 1 aliphatic carbocycles. The molecule has 2 aromatic carbocycles. The van der Waals surface area contributed by atoms with Gasteiger partial charge >= 0.3 is 0 Å². The maximum absolute atomic E-state index is 13.6. The highest BCUT2D eigenvalue weighted by Crippen LogP contribution is 2.40. The first-order valence-electron chi connectivity index (χ1n) is 13.0. The zero-order valence-corrected chi connectivity index (χ0v) is 20.9. The number of carbonyl (C=O) groups is 2. The maximum Gasteiger partial charge on any atom is 0.263 e. The van der Waals surface area contributed by atoms with E-state index < -0.39 is 6.10 Å². The van der Waals surface area contributed by atoms with Crippen molar-refractivity contribution in [3.63, 3.8) is 0 Å². The molecule has 0 bridgehead atoms. The van der Waals surface area contributed by atoms with Crippen molar-refractivity contribution >= 4 is 11.8 Å². The Kier molecular flexibility index (Phi) is 7.09. The Morgan fingerprint density at radius 2 is 1.80 bits per heavy atom. The molecule has 2 heterocycles. The van der Waals surface area contributed by atoms with E-state index in [1.807, 2.05) is 17.9 Å². The zero-order valence-electron chi connectivity index (χ0n) is 20.9. The topological polar surface area (TPSA) is 59.1 Å². The summed E-state index contributed by atoms with van der Waals surface area (Å²) in [5, 5.41) is 0. The molecule has 2 aliphatic heterocycles. The predicted molar refractivity (Wildman–Crippen MR) is 134 cm³/mol. The van der Waals surface area contributed by atoms with Gasteiger partial charge in [-0.2, -0.15) is 0 Å². The standard InChI is InChI=1S/C29H36N2O4/c1-20-6-5-9-24(18-20)27-26-19-25(35-21(2)28(32)30-14-16-34-17-15-30)11-10-22(26)12-13-31(27)29(33)23-7-3-4-8-23/h5-6,9-11,18-19,21,23,27H,3-4,7-8,12-17H2,1-2H3/t21-,27-/m1/s1. The molecular formula is C29H36N2O4. The molecule has 186 valence electrons. The van der Waals surface area contributed by atoms with E-state index in [0.29, 0.717) is 32.1 Å². The number of ether oxygens (including phenoxy) is 2. The molecule has 2 aromatic rings. The lowest BCUT2D eigenvalue weighted by Crippen LogP contribution is -2.46. The van der Waals surface area contributed by atoms with Gasteiger partial charge in [0.05, 0.1) is 19.3 Å². The smallest absolute Gasteiger partial charge is 0.263 e. The van der Waals surface area contributed by atoms with Crippen molar-refractivity contribution in [2.24, 2.45) is 5.92 Å². The lowest BCUT2D eigenvalue weighted by Gasteiger charge is -2.39. The number of carbonyl (C=O) groups excluding carboxylic acids is 2. The van der Waals surface area contributed by atoms with Crippen LogP contribution in [0.4, 0.5) is 0 Å². The summed E-state index contributed by atoms with van der Waals surface area (Å²) in [4.78, 5) is 30.4. The number of hydrogen-bond acceptors (Lipinski definition) is 4. The molecule has 0 N–H and O–H groups in total. The van der Waals surface area contributed by atoms with Crippen LogP contribution in [0.2, 0.25) is 0 Å². The molecule has 2 fully saturated rings. The average molecular weight is 477 g/mol. The summed E-state index contributed by atoms with van der Waals surface area (Å²) in [6.45, 7) is 6.97. The number of aryl methyl sites for hydroxylation is 1. The Morgan fingerprint density at radius 3 is 2.54 bits per heavy atom. The molecule has 0 spiro atoms. The summed E-state index contributed by atoms with van der Waals surface area (Å²) < 4.78 is 11.5. The van der Waals surface area contributed by atoms with Gasteiger partial charge in [-0.15, -0.1) is 0 Å². The van der Waals surface area contributed by atoms with Gasteiger partial charge in [0, 0.05) is 25.6 Å². The third kappa shape index (κ3) is 5.08. The molecule has 35 heavy (non-hydrogen) atoms. The number of amides is 2. The molecule has 5 rings (SSSR count). The van der Waals surface area contributed by atoms with Gasteiger partial charge in [-0.25, -0.2) is 0 Å². The third-order valence-electron chi connectivity index (χ3n) is 7.67. The number of fused-ring (bicyclic) bond motifs is 1. The summed E-state index contributed by atoms with van der Waals surface area (Å²) in [6, 6.07) is 14.5. The first kappa shape index (κ1) is 23.9. The largest absolute Gasteiger partial charge is 0.481 e. The Hall–Kier alpha value is -2.86. The van der Waals surface area contributed by atoms with Gasteiger partial charge in [0.1, 0.15) is 5.75 Å². The first-order chi connectivity index (χ1) is 17.0. The van der Waals surface area contributed by atoms with Crippen molar-refractivity contribution < 1.29 is 19.1 Å². The lowest BCUT2D eigenvalue weighted by molar-refractivity contribution is -0.142. The van der Waals surface area contributed by atoms with Crippen LogP contribution in [-0.2, 0) is 20.7 Å². The normalized spacial score (nSPS) is 21.5. The monoisotopic (exact) mass is 476 g/mol. The number of morpholine rings is 1. The van der Waals surface area contributed by atoms with Crippen molar-refractivity contribution in [1.29, 1.82) is 0 Å². The Morgan fingerprint density at radius 1 is 1.03 bits per heavy atom. The van der Waals surface area contributed by atoms with Gasteiger partial charge in [0.2, 0.25) is 5.91 Å². The second-order valence-electron chi connectivity index (χ2n) is 10.1. The van der Waals surface area contributed by atoms with E-state index in [0.717, 1.165) is 49.8 Å². The van der Waals surface area contributed by atoms with E-state index in [1.54, 1.807) is 0 Å². The minimum atomic E-state index is -0.580. The highest BCUT2D eigenvalue weighted by Gasteiger charge is 2.36. The van der Waals surface area contributed by atoms with Crippen molar-refractivity contribution in [1.82, 2.24) is 9.80 Å². The minimum absolute atomic E-state index is 0.0145. The van der Waals surface area contributed by atoms with Crippen molar-refractivity contribution in [2.75, 3.05) is 32.8 Å². The molecule has 1 saturated carbocycles. The minimum Gasteiger partial charge on any atom is -0.481 e. The van der Waals surface area contributed by atoms with E-state index in [-0.39, 0.29) is 23.8 Å². The van der Waals surface area contributed by atoms with E-state index in [1.165, 1.54) is 11.1 Å². The van der Waals surface area contributed by atoms with Crippen LogP contribution in [0.5, 0.6) is 5.75 Å². The molecule has 3 aliphatic rings. The average Bonchev–Trinajstić information content (AvgIpc) is 3.43. The fraction of sp³-hybridized carbons (Fsp3) is 0.517. The van der Waals surface area contributed by atoms with E-state index in [9.17, 15) is 9.59 Å². The van der Waals surface area contributed by atoms with Crippen LogP contribution >= 0.6 is 0 Å². The Labute approximate surface area is 208 Å². The van der Waals surface area contributed by atoms with Gasteiger partial charge in [-0.05, 0) is 61.9 Å². The summed E-state index contributed by atoms with van der Waals surface area (Å²) in [7, 11) is 0. The van der Waals surface area contributed by atoms with Crippen LogP contribution in [0.1, 0.15) is 60.9 Å². The highest BCUT2D eigenvalue weighted by atomic mass is 16.5. The van der Waals surface area contributed by atoms with E-state index in [2.05, 4.69) is 48.2 Å². The second kappa shape index (κ2) is 10.4. The van der Waals surface area contributed by atoms with Gasteiger partial charge in [-0.3, -0.25) is 9.59 Å². The molecule has 0 unspecified atom stereocenters. The third-order valence-corrected chi connectivity index (χ3v) is 7.67. The van der Waals surface area contributed by atoms with Crippen LogP contribution in [0.3, 0.4) is 0 Å². The SMILES string of the molecule is Cc1cccc([C@@H]2c3cc(O[C@H](C)C(=O)N4CCOCC4)ccc3CCN2C(=O)C2CCCC2)c1. The van der Waals surface area contributed by atoms with Crippen LogP contribution < -0.4 is 4.74 Å². The molecule has 0 aromatic heterocycles.